The number of pyridine rings is 1. The van der Waals surface area contributed by atoms with Crippen LogP contribution < -0.4 is 4.74 Å². The SMILES string of the molecule is CC/C(=C(/c1ccc(/C=C/C(=O)O)cc1)c1ccc2[nH]ncc2c1)c1ccnc(OC)c1. The van der Waals surface area contributed by atoms with E-state index in [-0.39, 0.29) is 0 Å². The number of benzene rings is 2. The smallest absolute Gasteiger partial charge is 0.328 e. The van der Waals surface area contributed by atoms with Crippen LogP contribution in [0.15, 0.2) is 73.1 Å². The third-order valence-corrected chi connectivity index (χ3v) is 5.29. The number of aromatic nitrogens is 3. The first-order chi connectivity index (χ1) is 15.6. The number of aliphatic carboxylic acids is 1. The summed E-state index contributed by atoms with van der Waals surface area (Å²) in [6.07, 6.45) is 7.09. The van der Waals surface area contributed by atoms with Gasteiger partial charge in [-0.3, -0.25) is 5.10 Å². The topological polar surface area (TPSA) is 88.1 Å². The quantitative estimate of drug-likeness (QED) is 0.385. The maximum Gasteiger partial charge on any atom is 0.328 e. The molecule has 0 spiro atoms. The van der Waals surface area contributed by atoms with Crippen molar-refractivity contribution in [1.82, 2.24) is 15.2 Å². The molecular weight excluding hydrogens is 402 g/mol. The number of aromatic amines is 1. The molecule has 32 heavy (non-hydrogen) atoms. The van der Waals surface area contributed by atoms with Gasteiger partial charge in [-0.05, 0) is 64.1 Å². The summed E-state index contributed by atoms with van der Waals surface area (Å²) in [5.41, 5.74) is 7.19. The Morgan fingerprint density at radius 1 is 1.06 bits per heavy atom. The fraction of sp³-hybridized carbons (Fsp3) is 0.115. The molecule has 0 unspecified atom stereocenters. The summed E-state index contributed by atoms with van der Waals surface area (Å²) in [5, 5.41) is 17.1. The number of rotatable bonds is 7. The van der Waals surface area contributed by atoms with Crippen LogP contribution in [-0.4, -0.2) is 33.4 Å². The number of fused-ring (bicyclic) bond motifs is 1. The van der Waals surface area contributed by atoms with E-state index in [1.54, 1.807) is 19.4 Å². The molecule has 2 N–H and O–H groups in total. The van der Waals surface area contributed by atoms with E-state index in [0.717, 1.165) is 56.8 Å². The normalized spacial score (nSPS) is 12.2. The number of hydrogen-bond donors (Lipinski definition) is 2. The number of carbonyl (C=O) groups is 1. The van der Waals surface area contributed by atoms with Crippen molar-refractivity contribution in [2.24, 2.45) is 0 Å². The van der Waals surface area contributed by atoms with Crippen molar-refractivity contribution >= 4 is 34.1 Å². The zero-order valence-corrected chi connectivity index (χ0v) is 17.9. The van der Waals surface area contributed by atoms with Gasteiger partial charge in [-0.2, -0.15) is 5.10 Å². The van der Waals surface area contributed by atoms with Gasteiger partial charge in [0.15, 0.2) is 0 Å². The van der Waals surface area contributed by atoms with E-state index < -0.39 is 5.97 Å². The van der Waals surface area contributed by atoms with E-state index in [4.69, 9.17) is 9.84 Å². The number of ether oxygens (including phenoxy) is 1. The van der Waals surface area contributed by atoms with Gasteiger partial charge in [0.05, 0.1) is 18.8 Å². The molecule has 0 aliphatic heterocycles. The van der Waals surface area contributed by atoms with E-state index in [9.17, 15) is 4.79 Å². The largest absolute Gasteiger partial charge is 0.481 e. The van der Waals surface area contributed by atoms with E-state index in [1.807, 2.05) is 48.7 Å². The number of nitrogens with zero attached hydrogens (tertiary/aromatic N) is 2. The maximum absolute atomic E-state index is 10.8. The van der Waals surface area contributed by atoms with Crippen molar-refractivity contribution in [3.63, 3.8) is 0 Å². The second kappa shape index (κ2) is 9.31. The molecule has 0 aliphatic carbocycles. The number of hydrogen-bond acceptors (Lipinski definition) is 4. The van der Waals surface area contributed by atoms with Crippen molar-refractivity contribution in [1.29, 1.82) is 0 Å². The molecule has 160 valence electrons. The molecule has 4 rings (SSSR count). The lowest BCUT2D eigenvalue weighted by atomic mass is 9.88. The summed E-state index contributed by atoms with van der Waals surface area (Å²) < 4.78 is 5.35. The molecular formula is C26H23N3O3. The summed E-state index contributed by atoms with van der Waals surface area (Å²) in [6.45, 7) is 2.13. The van der Waals surface area contributed by atoms with Crippen LogP contribution in [0, 0.1) is 0 Å². The van der Waals surface area contributed by atoms with Gasteiger partial charge in [-0.15, -0.1) is 0 Å². The minimum atomic E-state index is -0.969. The van der Waals surface area contributed by atoms with E-state index in [0.29, 0.717) is 5.88 Å². The highest BCUT2D eigenvalue weighted by Gasteiger charge is 2.15. The van der Waals surface area contributed by atoms with Crippen molar-refractivity contribution in [3.8, 4) is 5.88 Å². The first-order valence-electron chi connectivity index (χ1n) is 10.3. The van der Waals surface area contributed by atoms with E-state index in [2.05, 4.69) is 34.2 Å². The van der Waals surface area contributed by atoms with Crippen LogP contribution in [-0.2, 0) is 4.79 Å². The number of carboxylic acid groups (broad SMARTS) is 1. The Balaban J connectivity index is 1.91. The second-order valence-electron chi connectivity index (χ2n) is 7.26. The van der Waals surface area contributed by atoms with Crippen LogP contribution in [0.25, 0.3) is 28.1 Å². The molecule has 0 aliphatic rings. The minimum absolute atomic E-state index is 0.562. The number of nitrogens with one attached hydrogen (secondary N) is 1. The third-order valence-electron chi connectivity index (χ3n) is 5.29. The van der Waals surface area contributed by atoms with Crippen LogP contribution in [0.1, 0.15) is 35.6 Å². The van der Waals surface area contributed by atoms with E-state index >= 15 is 0 Å². The molecule has 2 heterocycles. The summed E-state index contributed by atoms with van der Waals surface area (Å²) >= 11 is 0. The number of H-pyrrole nitrogens is 1. The fourth-order valence-corrected chi connectivity index (χ4v) is 3.78. The fourth-order valence-electron chi connectivity index (χ4n) is 3.78. The highest BCUT2D eigenvalue weighted by Crippen LogP contribution is 2.36. The average Bonchev–Trinajstić information content (AvgIpc) is 3.29. The number of methoxy groups -OCH3 is 1. The Bertz CT molecular complexity index is 1320. The van der Waals surface area contributed by atoms with Crippen molar-refractivity contribution < 1.29 is 14.6 Å². The van der Waals surface area contributed by atoms with E-state index in [1.165, 1.54) is 0 Å². The van der Waals surface area contributed by atoms with Gasteiger partial charge in [0, 0.05) is 23.7 Å². The van der Waals surface area contributed by atoms with Crippen LogP contribution in [0.4, 0.5) is 0 Å². The van der Waals surface area contributed by atoms with Crippen LogP contribution in [0.3, 0.4) is 0 Å². The average molecular weight is 425 g/mol. The highest BCUT2D eigenvalue weighted by molar-refractivity contribution is 6.00. The zero-order chi connectivity index (χ0) is 22.5. The lowest BCUT2D eigenvalue weighted by Crippen LogP contribution is -1.97. The van der Waals surface area contributed by atoms with Crippen LogP contribution in [0.5, 0.6) is 5.88 Å². The summed E-state index contributed by atoms with van der Waals surface area (Å²) in [5.74, 6) is -0.407. The van der Waals surface area contributed by atoms with Crippen molar-refractivity contribution in [3.05, 3.63) is 95.3 Å². The zero-order valence-electron chi connectivity index (χ0n) is 17.9. The van der Waals surface area contributed by atoms with Crippen LogP contribution >= 0.6 is 0 Å². The molecule has 2 aromatic carbocycles. The standard InChI is InChI=1S/C26H23N3O3/c1-3-22(19-12-13-27-24(15-19)32-2)26(20-9-10-23-21(14-20)16-28-29-23)18-7-4-17(5-8-18)6-11-25(30)31/h4-16H,3H2,1-2H3,(H,28,29)(H,30,31)/b11-6+,26-22+. The Morgan fingerprint density at radius 2 is 1.84 bits per heavy atom. The van der Waals surface area contributed by atoms with Crippen molar-refractivity contribution in [2.75, 3.05) is 7.11 Å². The predicted molar refractivity (Wildman–Crippen MR) is 126 cm³/mol. The van der Waals surface area contributed by atoms with Crippen molar-refractivity contribution in [2.45, 2.75) is 13.3 Å². The minimum Gasteiger partial charge on any atom is -0.481 e. The first-order valence-corrected chi connectivity index (χ1v) is 10.3. The molecule has 0 amide bonds. The summed E-state index contributed by atoms with van der Waals surface area (Å²) in [6, 6.07) is 18.1. The monoisotopic (exact) mass is 425 g/mol. The Kier molecular flexibility index (Phi) is 6.12. The predicted octanol–water partition coefficient (Wildman–Crippen LogP) is 5.43. The number of allylic oxidation sites excluding steroid dienone is 1. The molecule has 0 atom stereocenters. The van der Waals surface area contributed by atoms with Crippen LogP contribution in [0.2, 0.25) is 0 Å². The molecule has 0 bridgehead atoms. The Hall–Kier alpha value is -4.19. The van der Waals surface area contributed by atoms with Gasteiger partial charge in [0.1, 0.15) is 0 Å². The molecule has 0 fully saturated rings. The molecule has 0 radical (unpaired) electrons. The second-order valence-corrected chi connectivity index (χ2v) is 7.26. The molecule has 4 aromatic rings. The van der Waals surface area contributed by atoms with Gasteiger partial charge >= 0.3 is 5.97 Å². The van der Waals surface area contributed by atoms with Gasteiger partial charge < -0.3 is 9.84 Å². The summed E-state index contributed by atoms with van der Waals surface area (Å²) in [4.78, 5) is 15.1. The van der Waals surface area contributed by atoms with Gasteiger partial charge in [-0.25, -0.2) is 9.78 Å². The molecule has 2 aromatic heterocycles. The molecule has 0 saturated heterocycles. The summed E-state index contributed by atoms with van der Waals surface area (Å²) in [7, 11) is 1.61. The van der Waals surface area contributed by atoms with Gasteiger partial charge in [0.25, 0.3) is 0 Å². The van der Waals surface area contributed by atoms with Gasteiger partial charge in [0.2, 0.25) is 5.88 Å². The first kappa shape index (κ1) is 21.1. The Labute approximate surface area is 185 Å². The molecule has 6 nitrogen and oxygen atoms in total. The highest BCUT2D eigenvalue weighted by atomic mass is 16.5. The molecule has 6 heteroatoms. The number of carboxylic acids is 1. The lowest BCUT2D eigenvalue weighted by Gasteiger charge is -2.17. The lowest BCUT2D eigenvalue weighted by molar-refractivity contribution is -0.131. The van der Waals surface area contributed by atoms with Gasteiger partial charge in [-0.1, -0.05) is 37.3 Å². The molecule has 0 saturated carbocycles. The third kappa shape index (κ3) is 4.44. The maximum atomic E-state index is 10.8. The Morgan fingerprint density at radius 3 is 2.56 bits per heavy atom.